The number of carbonyl (C=O) groups excluding carboxylic acids is 1. The summed E-state index contributed by atoms with van der Waals surface area (Å²) in [7, 11) is -1.62. The van der Waals surface area contributed by atoms with Crippen molar-refractivity contribution in [3.05, 3.63) is 34.9 Å². The summed E-state index contributed by atoms with van der Waals surface area (Å²) in [6, 6.07) is 6.16. The molecule has 34 heavy (non-hydrogen) atoms. The zero-order valence-corrected chi connectivity index (χ0v) is 22.0. The van der Waals surface area contributed by atoms with Crippen LogP contribution in [-0.2, 0) is 32.6 Å². The molecule has 1 amide bonds. The maximum Gasteiger partial charge on any atom is 0.410 e. The molecule has 1 aromatic carbocycles. The second-order valence-electron chi connectivity index (χ2n) is 10.4. The molecule has 0 atom stereocenters. The van der Waals surface area contributed by atoms with Crippen LogP contribution in [0.25, 0.3) is 0 Å². The standard InChI is InChI=1S/C25H39N3O5S/c1-25(2,3)33-24(29)27-14-11-19(12-15-27)7-6-8-23(26-32-4)21-9-10-22-18-28(34(5,30)31)16-13-20(22)17-21/h9-10,17,19H,6-8,11-16,18H2,1-5H3/b26-23+. The van der Waals surface area contributed by atoms with Gasteiger partial charge >= 0.3 is 6.09 Å². The average Bonchev–Trinajstić information content (AvgIpc) is 2.76. The monoisotopic (exact) mass is 493 g/mol. The van der Waals surface area contributed by atoms with Gasteiger partial charge in [-0.25, -0.2) is 13.2 Å². The highest BCUT2D eigenvalue weighted by molar-refractivity contribution is 7.88. The number of carbonyl (C=O) groups is 1. The van der Waals surface area contributed by atoms with E-state index in [-0.39, 0.29) is 6.09 Å². The maximum absolute atomic E-state index is 12.3. The van der Waals surface area contributed by atoms with E-state index in [9.17, 15) is 13.2 Å². The van der Waals surface area contributed by atoms with Gasteiger partial charge in [-0.2, -0.15) is 4.31 Å². The molecule has 3 rings (SSSR count). The lowest BCUT2D eigenvalue weighted by molar-refractivity contribution is 0.0181. The lowest BCUT2D eigenvalue weighted by Gasteiger charge is -2.33. The molecule has 1 saturated heterocycles. The first kappa shape index (κ1) is 26.5. The smallest absolute Gasteiger partial charge is 0.410 e. The molecule has 0 N–H and O–H groups in total. The van der Waals surface area contributed by atoms with Crippen LogP contribution in [0.2, 0.25) is 0 Å². The Balaban J connectivity index is 1.51. The maximum atomic E-state index is 12.3. The Labute approximate surface area is 204 Å². The second kappa shape index (κ2) is 11.1. The Morgan fingerprint density at radius 2 is 1.85 bits per heavy atom. The van der Waals surface area contributed by atoms with Crippen molar-refractivity contribution in [2.24, 2.45) is 11.1 Å². The molecular weight excluding hydrogens is 454 g/mol. The summed E-state index contributed by atoms with van der Waals surface area (Å²) in [5.41, 5.74) is 3.72. The van der Waals surface area contributed by atoms with Crippen molar-refractivity contribution in [3.8, 4) is 0 Å². The van der Waals surface area contributed by atoms with Crippen LogP contribution in [0, 0.1) is 5.92 Å². The molecule has 0 unspecified atom stereocenters. The van der Waals surface area contributed by atoms with Crippen molar-refractivity contribution in [2.75, 3.05) is 33.0 Å². The van der Waals surface area contributed by atoms with Crippen LogP contribution in [0.1, 0.15) is 69.6 Å². The van der Waals surface area contributed by atoms with Crippen molar-refractivity contribution in [1.29, 1.82) is 0 Å². The van der Waals surface area contributed by atoms with Gasteiger partial charge in [-0.15, -0.1) is 0 Å². The average molecular weight is 494 g/mol. The third kappa shape index (κ3) is 7.43. The van der Waals surface area contributed by atoms with E-state index in [0.29, 0.717) is 25.4 Å². The third-order valence-corrected chi connectivity index (χ3v) is 7.73. The number of sulfonamides is 1. The summed E-state index contributed by atoms with van der Waals surface area (Å²) in [5, 5.41) is 4.29. The zero-order valence-electron chi connectivity index (χ0n) is 21.2. The summed E-state index contributed by atoms with van der Waals surface area (Å²) in [6.45, 7) is 8.10. The summed E-state index contributed by atoms with van der Waals surface area (Å²) in [6.07, 6.45) is 6.62. The van der Waals surface area contributed by atoms with Gasteiger partial charge < -0.3 is 14.5 Å². The Hall–Kier alpha value is -2.13. The summed E-state index contributed by atoms with van der Waals surface area (Å²) >= 11 is 0. The first-order valence-electron chi connectivity index (χ1n) is 12.1. The molecule has 1 fully saturated rings. The molecule has 190 valence electrons. The van der Waals surface area contributed by atoms with Crippen molar-refractivity contribution < 1.29 is 22.8 Å². The first-order valence-corrected chi connectivity index (χ1v) is 14.0. The molecule has 0 spiro atoms. The topological polar surface area (TPSA) is 88.5 Å². The number of nitrogens with zero attached hydrogens (tertiary/aromatic N) is 3. The van der Waals surface area contributed by atoms with Crippen molar-refractivity contribution in [3.63, 3.8) is 0 Å². The van der Waals surface area contributed by atoms with E-state index in [1.165, 1.54) is 16.1 Å². The number of amides is 1. The van der Waals surface area contributed by atoms with Gasteiger partial charge in [0.25, 0.3) is 0 Å². The summed E-state index contributed by atoms with van der Waals surface area (Å²) in [5.74, 6) is 0.591. The molecular formula is C25H39N3O5S. The van der Waals surface area contributed by atoms with Gasteiger partial charge in [-0.3, -0.25) is 0 Å². The van der Waals surface area contributed by atoms with Gasteiger partial charge in [0.2, 0.25) is 10.0 Å². The van der Waals surface area contributed by atoms with Crippen molar-refractivity contribution in [1.82, 2.24) is 9.21 Å². The Morgan fingerprint density at radius 3 is 2.47 bits per heavy atom. The number of ether oxygens (including phenoxy) is 1. The molecule has 2 aliphatic rings. The van der Waals surface area contributed by atoms with Gasteiger partial charge in [-0.05, 0) is 88.0 Å². The van der Waals surface area contributed by atoms with Crippen LogP contribution in [0.3, 0.4) is 0 Å². The quantitative estimate of drug-likeness (QED) is 0.420. The van der Waals surface area contributed by atoms with E-state index < -0.39 is 15.6 Å². The normalized spacial score (nSPS) is 18.5. The SMILES string of the molecule is CO/N=C(\CCCC1CCN(C(=O)OC(C)(C)C)CC1)c1ccc2c(c1)CCN(S(C)(=O)=O)C2. The molecule has 0 saturated carbocycles. The van der Waals surface area contributed by atoms with E-state index >= 15 is 0 Å². The molecule has 0 aliphatic carbocycles. The molecule has 2 aliphatic heterocycles. The predicted molar refractivity (Wildman–Crippen MR) is 133 cm³/mol. The summed E-state index contributed by atoms with van der Waals surface area (Å²) < 4.78 is 30.8. The highest BCUT2D eigenvalue weighted by Gasteiger charge is 2.27. The number of hydrogen-bond donors (Lipinski definition) is 0. The minimum atomic E-state index is -3.18. The van der Waals surface area contributed by atoms with Gasteiger partial charge in [0.05, 0.1) is 12.0 Å². The van der Waals surface area contributed by atoms with Gasteiger partial charge in [0, 0.05) is 26.2 Å². The lowest BCUT2D eigenvalue weighted by atomic mass is 9.90. The minimum Gasteiger partial charge on any atom is -0.444 e. The number of piperidine rings is 1. The van der Waals surface area contributed by atoms with Crippen molar-refractivity contribution in [2.45, 2.75) is 71.4 Å². The minimum absolute atomic E-state index is 0.215. The number of fused-ring (bicyclic) bond motifs is 1. The predicted octanol–water partition coefficient (Wildman–Crippen LogP) is 4.17. The van der Waals surface area contributed by atoms with Crippen LogP contribution in [0.5, 0.6) is 0 Å². The molecule has 0 aromatic heterocycles. The van der Waals surface area contributed by atoms with E-state index in [0.717, 1.165) is 62.0 Å². The largest absolute Gasteiger partial charge is 0.444 e. The van der Waals surface area contributed by atoms with Gasteiger partial charge in [0.15, 0.2) is 0 Å². The first-order chi connectivity index (χ1) is 16.0. The van der Waals surface area contributed by atoms with Crippen LogP contribution in [-0.4, -0.2) is 68.0 Å². The highest BCUT2D eigenvalue weighted by atomic mass is 32.2. The number of benzene rings is 1. The van der Waals surface area contributed by atoms with E-state index in [1.807, 2.05) is 37.8 Å². The van der Waals surface area contributed by atoms with E-state index in [2.05, 4.69) is 11.2 Å². The van der Waals surface area contributed by atoms with E-state index in [1.54, 1.807) is 7.11 Å². The fourth-order valence-electron chi connectivity index (χ4n) is 4.63. The number of hydrogen-bond acceptors (Lipinski definition) is 6. The molecule has 9 heteroatoms. The number of likely N-dealkylation sites (tertiary alicyclic amines) is 1. The fourth-order valence-corrected chi connectivity index (χ4v) is 5.43. The Morgan fingerprint density at radius 1 is 1.15 bits per heavy atom. The fraction of sp³-hybridized carbons (Fsp3) is 0.680. The van der Waals surface area contributed by atoms with Crippen LogP contribution in [0.15, 0.2) is 23.4 Å². The van der Waals surface area contributed by atoms with Crippen LogP contribution >= 0.6 is 0 Å². The van der Waals surface area contributed by atoms with Gasteiger partial charge in [0.1, 0.15) is 12.7 Å². The zero-order chi connectivity index (χ0) is 24.9. The third-order valence-electron chi connectivity index (χ3n) is 6.48. The van der Waals surface area contributed by atoms with E-state index in [4.69, 9.17) is 9.57 Å². The van der Waals surface area contributed by atoms with Gasteiger partial charge in [-0.1, -0.05) is 17.3 Å². The summed E-state index contributed by atoms with van der Waals surface area (Å²) in [4.78, 5) is 19.2. The molecule has 8 nitrogen and oxygen atoms in total. The molecule has 0 bridgehead atoms. The highest BCUT2D eigenvalue weighted by Crippen LogP contribution is 2.26. The number of rotatable bonds is 7. The van der Waals surface area contributed by atoms with Crippen LogP contribution < -0.4 is 0 Å². The Kier molecular flexibility index (Phi) is 8.62. The molecule has 1 aromatic rings. The second-order valence-corrected chi connectivity index (χ2v) is 12.3. The van der Waals surface area contributed by atoms with Crippen molar-refractivity contribution >= 4 is 21.8 Å². The Bertz CT molecular complexity index is 992. The molecule has 0 radical (unpaired) electrons. The lowest BCUT2D eigenvalue weighted by Crippen LogP contribution is -2.41. The number of oxime groups is 1. The van der Waals surface area contributed by atoms with Crippen LogP contribution in [0.4, 0.5) is 4.79 Å². The molecule has 2 heterocycles.